The molecule has 1 aromatic carbocycles. The average molecular weight is 345 g/mol. The third kappa shape index (κ3) is 3.14. The van der Waals surface area contributed by atoms with Crippen molar-refractivity contribution in [3.05, 3.63) is 52.8 Å². The molecule has 0 fully saturated rings. The van der Waals surface area contributed by atoms with Crippen molar-refractivity contribution in [1.29, 1.82) is 0 Å². The number of aromatic nitrogens is 3. The van der Waals surface area contributed by atoms with Gasteiger partial charge in [0, 0.05) is 29.7 Å². The summed E-state index contributed by atoms with van der Waals surface area (Å²) in [6.45, 7) is 5.04. The Labute approximate surface area is 132 Å². The lowest BCUT2D eigenvalue weighted by Gasteiger charge is -2.13. The molecule has 2 heterocycles. The summed E-state index contributed by atoms with van der Waals surface area (Å²) in [5.41, 5.74) is 2.12. The van der Waals surface area contributed by atoms with Crippen LogP contribution in [0.2, 0.25) is 0 Å². The number of rotatable bonds is 4. The third-order valence-corrected chi connectivity index (χ3v) is 3.66. The van der Waals surface area contributed by atoms with Gasteiger partial charge in [0.15, 0.2) is 5.82 Å². The second-order valence-electron chi connectivity index (χ2n) is 5.30. The molecule has 0 spiro atoms. The maximum absolute atomic E-state index is 4.78. The predicted octanol–water partition coefficient (Wildman–Crippen LogP) is 3.68. The van der Waals surface area contributed by atoms with Crippen LogP contribution >= 0.6 is 15.9 Å². The molecule has 0 saturated heterocycles. The van der Waals surface area contributed by atoms with Gasteiger partial charge in [-0.15, -0.1) is 0 Å². The second kappa shape index (κ2) is 5.95. The van der Waals surface area contributed by atoms with E-state index in [1.807, 2.05) is 29.1 Å². The third-order valence-electron chi connectivity index (χ3n) is 3.25. The van der Waals surface area contributed by atoms with E-state index in [9.17, 15) is 0 Å². The Morgan fingerprint density at radius 1 is 1.29 bits per heavy atom. The number of para-hydroxylation sites is 1. The highest BCUT2D eigenvalue weighted by atomic mass is 79.9. The van der Waals surface area contributed by atoms with Crippen LogP contribution in [-0.4, -0.2) is 20.8 Å². The van der Waals surface area contributed by atoms with Crippen molar-refractivity contribution >= 4 is 26.8 Å². The maximum atomic E-state index is 4.78. The SMILES string of the molecule is CC(C)NCc1cc2ccccc2nc1-n1cc(Br)cn1. The Hall–Kier alpha value is -1.72. The van der Waals surface area contributed by atoms with Gasteiger partial charge in [0.2, 0.25) is 0 Å². The van der Waals surface area contributed by atoms with Crippen LogP contribution in [0.15, 0.2) is 47.2 Å². The first kappa shape index (κ1) is 14.2. The van der Waals surface area contributed by atoms with Gasteiger partial charge in [0.1, 0.15) is 0 Å². The lowest BCUT2D eigenvalue weighted by molar-refractivity contribution is 0.585. The van der Waals surface area contributed by atoms with Crippen LogP contribution in [0.1, 0.15) is 19.4 Å². The van der Waals surface area contributed by atoms with Gasteiger partial charge in [-0.2, -0.15) is 5.10 Å². The summed E-state index contributed by atoms with van der Waals surface area (Å²) < 4.78 is 2.76. The number of nitrogens with one attached hydrogen (secondary N) is 1. The zero-order valence-corrected chi connectivity index (χ0v) is 13.6. The molecular formula is C16H17BrN4. The highest BCUT2D eigenvalue weighted by Crippen LogP contribution is 2.21. The maximum Gasteiger partial charge on any atom is 0.158 e. The van der Waals surface area contributed by atoms with Crippen molar-refractivity contribution < 1.29 is 0 Å². The lowest BCUT2D eigenvalue weighted by atomic mass is 10.1. The molecule has 0 amide bonds. The number of halogens is 1. The quantitative estimate of drug-likeness (QED) is 0.784. The molecule has 21 heavy (non-hydrogen) atoms. The molecule has 0 radical (unpaired) electrons. The molecule has 3 aromatic rings. The zero-order chi connectivity index (χ0) is 14.8. The van der Waals surface area contributed by atoms with E-state index in [0.717, 1.165) is 33.3 Å². The highest BCUT2D eigenvalue weighted by Gasteiger charge is 2.10. The van der Waals surface area contributed by atoms with Crippen molar-refractivity contribution in [2.45, 2.75) is 26.4 Å². The molecule has 108 valence electrons. The van der Waals surface area contributed by atoms with Gasteiger partial charge in [0.05, 0.1) is 16.2 Å². The van der Waals surface area contributed by atoms with Crippen molar-refractivity contribution in [3.8, 4) is 5.82 Å². The van der Waals surface area contributed by atoms with Crippen LogP contribution in [0.5, 0.6) is 0 Å². The Kier molecular flexibility index (Phi) is 4.03. The average Bonchev–Trinajstić information content (AvgIpc) is 2.90. The topological polar surface area (TPSA) is 42.7 Å². The Balaban J connectivity index is 2.11. The lowest BCUT2D eigenvalue weighted by Crippen LogP contribution is -2.23. The minimum absolute atomic E-state index is 0.425. The summed E-state index contributed by atoms with van der Waals surface area (Å²) in [4.78, 5) is 4.78. The predicted molar refractivity (Wildman–Crippen MR) is 88.5 cm³/mol. The summed E-state index contributed by atoms with van der Waals surface area (Å²) in [6, 6.07) is 10.8. The number of nitrogens with zero attached hydrogens (tertiary/aromatic N) is 3. The van der Waals surface area contributed by atoms with E-state index < -0.39 is 0 Å². The number of fused-ring (bicyclic) bond motifs is 1. The van der Waals surface area contributed by atoms with Crippen LogP contribution < -0.4 is 5.32 Å². The Morgan fingerprint density at radius 2 is 2.10 bits per heavy atom. The molecule has 4 nitrogen and oxygen atoms in total. The fourth-order valence-electron chi connectivity index (χ4n) is 2.21. The number of benzene rings is 1. The molecule has 0 atom stereocenters. The van der Waals surface area contributed by atoms with E-state index in [-0.39, 0.29) is 0 Å². The summed E-state index contributed by atoms with van der Waals surface area (Å²) in [5.74, 6) is 0.868. The first-order valence-electron chi connectivity index (χ1n) is 6.96. The number of hydrogen-bond acceptors (Lipinski definition) is 3. The van der Waals surface area contributed by atoms with E-state index in [0.29, 0.717) is 6.04 Å². The number of hydrogen-bond donors (Lipinski definition) is 1. The summed E-state index contributed by atoms with van der Waals surface area (Å²) >= 11 is 3.44. The largest absolute Gasteiger partial charge is 0.310 e. The first-order chi connectivity index (χ1) is 10.1. The van der Waals surface area contributed by atoms with Gasteiger partial charge in [-0.25, -0.2) is 9.67 Å². The van der Waals surface area contributed by atoms with E-state index >= 15 is 0 Å². The molecule has 0 aliphatic heterocycles. The fourth-order valence-corrected chi connectivity index (χ4v) is 2.49. The van der Waals surface area contributed by atoms with Gasteiger partial charge >= 0.3 is 0 Å². The Bertz CT molecular complexity index is 764. The molecule has 5 heteroatoms. The van der Waals surface area contributed by atoms with Crippen LogP contribution in [0.25, 0.3) is 16.7 Å². The fraction of sp³-hybridized carbons (Fsp3) is 0.250. The molecule has 0 saturated carbocycles. The van der Waals surface area contributed by atoms with Crippen LogP contribution in [0.4, 0.5) is 0 Å². The monoisotopic (exact) mass is 344 g/mol. The highest BCUT2D eigenvalue weighted by molar-refractivity contribution is 9.10. The van der Waals surface area contributed by atoms with E-state index in [2.05, 4.69) is 52.3 Å². The summed E-state index contributed by atoms with van der Waals surface area (Å²) in [5, 5.41) is 8.96. The van der Waals surface area contributed by atoms with Crippen molar-refractivity contribution in [1.82, 2.24) is 20.1 Å². The molecule has 1 N–H and O–H groups in total. The van der Waals surface area contributed by atoms with Gasteiger partial charge in [-0.05, 0) is 28.1 Å². The molecule has 0 aliphatic carbocycles. The number of pyridine rings is 1. The van der Waals surface area contributed by atoms with Crippen molar-refractivity contribution in [3.63, 3.8) is 0 Å². The van der Waals surface area contributed by atoms with Gasteiger partial charge in [-0.1, -0.05) is 32.0 Å². The zero-order valence-electron chi connectivity index (χ0n) is 12.0. The van der Waals surface area contributed by atoms with E-state index in [1.165, 1.54) is 0 Å². The van der Waals surface area contributed by atoms with E-state index in [4.69, 9.17) is 4.98 Å². The molecule has 3 rings (SSSR count). The van der Waals surface area contributed by atoms with Crippen LogP contribution in [0, 0.1) is 0 Å². The second-order valence-corrected chi connectivity index (χ2v) is 6.22. The molecule has 2 aromatic heterocycles. The van der Waals surface area contributed by atoms with Crippen LogP contribution in [0.3, 0.4) is 0 Å². The standard InChI is InChI=1S/C16H17BrN4/c1-11(2)18-8-13-7-12-5-3-4-6-15(12)20-16(13)21-10-14(17)9-19-21/h3-7,9-11,18H,8H2,1-2H3. The Morgan fingerprint density at radius 3 is 2.81 bits per heavy atom. The molecule has 0 unspecified atom stereocenters. The van der Waals surface area contributed by atoms with Crippen molar-refractivity contribution in [2.75, 3.05) is 0 Å². The molecular weight excluding hydrogens is 328 g/mol. The van der Waals surface area contributed by atoms with E-state index in [1.54, 1.807) is 6.20 Å². The van der Waals surface area contributed by atoms with Gasteiger partial charge < -0.3 is 5.32 Å². The minimum atomic E-state index is 0.425. The van der Waals surface area contributed by atoms with Crippen molar-refractivity contribution in [2.24, 2.45) is 0 Å². The minimum Gasteiger partial charge on any atom is -0.310 e. The smallest absolute Gasteiger partial charge is 0.158 e. The van der Waals surface area contributed by atoms with Gasteiger partial charge in [-0.3, -0.25) is 0 Å². The normalized spacial score (nSPS) is 11.4. The van der Waals surface area contributed by atoms with Gasteiger partial charge in [0.25, 0.3) is 0 Å². The summed E-state index contributed by atoms with van der Waals surface area (Å²) in [7, 11) is 0. The van der Waals surface area contributed by atoms with Crippen LogP contribution in [-0.2, 0) is 6.54 Å². The summed E-state index contributed by atoms with van der Waals surface area (Å²) in [6.07, 6.45) is 3.70. The first-order valence-corrected chi connectivity index (χ1v) is 7.75. The molecule has 0 aliphatic rings. The molecule has 0 bridgehead atoms.